The molecule has 0 aliphatic heterocycles. The van der Waals surface area contributed by atoms with Gasteiger partial charge in [-0.25, -0.2) is 9.37 Å². The van der Waals surface area contributed by atoms with Crippen LogP contribution in [0.15, 0.2) is 18.2 Å². The average molecular weight is 252 g/mol. The van der Waals surface area contributed by atoms with E-state index in [0.29, 0.717) is 6.54 Å². The van der Waals surface area contributed by atoms with Crippen molar-refractivity contribution in [1.29, 1.82) is 0 Å². The summed E-state index contributed by atoms with van der Waals surface area (Å²) < 4.78 is 18.5. The standard InChI is InChI=1S/C12H13FN2OS/c1-7-15-10(6-14)12(17-7)8-3-4-11(16-2)9(13)5-8/h3-5H,6,14H2,1-2H3. The molecule has 2 aromatic rings. The van der Waals surface area contributed by atoms with Gasteiger partial charge in [-0.3, -0.25) is 0 Å². The van der Waals surface area contributed by atoms with Crippen LogP contribution in [0.1, 0.15) is 10.7 Å². The molecule has 0 radical (unpaired) electrons. The number of thiazole rings is 1. The molecule has 2 rings (SSSR count). The van der Waals surface area contributed by atoms with Crippen molar-refractivity contribution < 1.29 is 9.13 Å². The number of ether oxygens (including phenoxy) is 1. The SMILES string of the molecule is COc1ccc(-c2sc(C)nc2CN)cc1F. The number of benzene rings is 1. The van der Waals surface area contributed by atoms with Crippen molar-refractivity contribution in [2.24, 2.45) is 5.73 Å². The molecule has 2 N–H and O–H groups in total. The normalized spacial score (nSPS) is 10.6. The lowest BCUT2D eigenvalue weighted by atomic mass is 10.1. The summed E-state index contributed by atoms with van der Waals surface area (Å²) in [6, 6.07) is 4.87. The van der Waals surface area contributed by atoms with E-state index < -0.39 is 0 Å². The molecule has 0 amide bonds. The first-order valence-electron chi connectivity index (χ1n) is 5.16. The summed E-state index contributed by atoms with van der Waals surface area (Å²) in [6.07, 6.45) is 0. The maximum Gasteiger partial charge on any atom is 0.165 e. The third-order valence-corrected chi connectivity index (χ3v) is 3.47. The van der Waals surface area contributed by atoms with Gasteiger partial charge in [0, 0.05) is 6.54 Å². The second-order valence-corrected chi connectivity index (χ2v) is 4.77. The fourth-order valence-electron chi connectivity index (χ4n) is 1.64. The molecule has 0 unspecified atom stereocenters. The van der Waals surface area contributed by atoms with E-state index in [1.165, 1.54) is 24.5 Å². The molecule has 1 aromatic heterocycles. The molecule has 1 aromatic carbocycles. The van der Waals surface area contributed by atoms with Crippen molar-refractivity contribution in [1.82, 2.24) is 4.98 Å². The van der Waals surface area contributed by atoms with Crippen molar-refractivity contribution in [2.75, 3.05) is 7.11 Å². The van der Waals surface area contributed by atoms with E-state index in [2.05, 4.69) is 4.98 Å². The lowest BCUT2D eigenvalue weighted by Crippen LogP contribution is -1.98. The van der Waals surface area contributed by atoms with Crippen LogP contribution in [0.2, 0.25) is 0 Å². The van der Waals surface area contributed by atoms with E-state index in [1.54, 1.807) is 6.07 Å². The van der Waals surface area contributed by atoms with Gasteiger partial charge in [-0.2, -0.15) is 0 Å². The number of nitrogens with two attached hydrogens (primary N) is 1. The molecule has 3 nitrogen and oxygen atoms in total. The predicted molar refractivity (Wildman–Crippen MR) is 66.7 cm³/mol. The van der Waals surface area contributed by atoms with E-state index in [-0.39, 0.29) is 11.6 Å². The minimum Gasteiger partial charge on any atom is -0.494 e. The molecule has 0 aliphatic rings. The number of aryl methyl sites for hydroxylation is 1. The van der Waals surface area contributed by atoms with Crippen molar-refractivity contribution in [2.45, 2.75) is 13.5 Å². The molecule has 0 fully saturated rings. The highest BCUT2D eigenvalue weighted by molar-refractivity contribution is 7.15. The maximum absolute atomic E-state index is 13.6. The Balaban J connectivity index is 2.49. The van der Waals surface area contributed by atoms with Crippen LogP contribution in [0.5, 0.6) is 5.75 Å². The zero-order valence-corrected chi connectivity index (χ0v) is 10.5. The van der Waals surface area contributed by atoms with Gasteiger partial charge in [0.15, 0.2) is 11.6 Å². The van der Waals surface area contributed by atoms with E-state index in [4.69, 9.17) is 10.5 Å². The Morgan fingerprint density at radius 1 is 1.47 bits per heavy atom. The second-order valence-electron chi connectivity index (χ2n) is 3.56. The fraction of sp³-hybridized carbons (Fsp3) is 0.250. The zero-order valence-electron chi connectivity index (χ0n) is 9.66. The molecule has 0 bridgehead atoms. The van der Waals surface area contributed by atoms with Gasteiger partial charge in [-0.15, -0.1) is 11.3 Å². The zero-order chi connectivity index (χ0) is 12.4. The smallest absolute Gasteiger partial charge is 0.165 e. The van der Waals surface area contributed by atoms with Crippen molar-refractivity contribution in [3.05, 3.63) is 34.7 Å². The monoisotopic (exact) mass is 252 g/mol. The minimum absolute atomic E-state index is 0.240. The number of aromatic nitrogens is 1. The van der Waals surface area contributed by atoms with Crippen LogP contribution in [0.25, 0.3) is 10.4 Å². The molecule has 5 heteroatoms. The van der Waals surface area contributed by atoms with Crippen LogP contribution < -0.4 is 10.5 Å². The number of rotatable bonds is 3. The number of nitrogens with zero attached hydrogens (tertiary/aromatic N) is 1. The van der Waals surface area contributed by atoms with Gasteiger partial charge in [0.2, 0.25) is 0 Å². The Hall–Kier alpha value is -1.46. The van der Waals surface area contributed by atoms with E-state index in [1.807, 2.05) is 13.0 Å². The van der Waals surface area contributed by atoms with Gasteiger partial charge in [-0.05, 0) is 30.7 Å². The van der Waals surface area contributed by atoms with E-state index in [9.17, 15) is 4.39 Å². The number of hydrogen-bond donors (Lipinski definition) is 1. The van der Waals surface area contributed by atoms with Crippen LogP contribution in [-0.4, -0.2) is 12.1 Å². The summed E-state index contributed by atoms with van der Waals surface area (Å²) in [5, 5.41) is 0.927. The van der Waals surface area contributed by atoms with E-state index >= 15 is 0 Å². The molecule has 90 valence electrons. The average Bonchev–Trinajstić information content (AvgIpc) is 2.70. The van der Waals surface area contributed by atoms with Gasteiger partial charge in [0.05, 0.1) is 22.7 Å². The van der Waals surface area contributed by atoms with Crippen molar-refractivity contribution in [3.63, 3.8) is 0 Å². The molecule has 0 aliphatic carbocycles. The van der Waals surface area contributed by atoms with Crippen LogP contribution in [0.3, 0.4) is 0 Å². The highest BCUT2D eigenvalue weighted by Crippen LogP contribution is 2.32. The maximum atomic E-state index is 13.6. The molecule has 0 saturated carbocycles. The molecule has 0 saturated heterocycles. The highest BCUT2D eigenvalue weighted by atomic mass is 32.1. The Labute approximate surface area is 103 Å². The third-order valence-electron chi connectivity index (χ3n) is 2.41. The first-order valence-corrected chi connectivity index (χ1v) is 5.97. The Bertz CT molecular complexity index is 539. The fourth-order valence-corrected chi connectivity index (χ4v) is 2.58. The van der Waals surface area contributed by atoms with Crippen LogP contribution >= 0.6 is 11.3 Å². The van der Waals surface area contributed by atoms with Gasteiger partial charge in [0.1, 0.15) is 0 Å². The molecule has 1 heterocycles. The summed E-state index contributed by atoms with van der Waals surface area (Å²) in [5.74, 6) is -0.136. The summed E-state index contributed by atoms with van der Waals surface area (Å²) in [4.78, 5) is 5.24. The molecular formula is C12H13FN2OS. The van der Waals surface area contributed by atoms with Crippen molar-refractivity contribution >= 4 is 11.3 Å². The first-order chi connectivity index (χ1) is 8.15. The number of halogens is 1. The van der Waals surface area contributed by atoms with Crippen molar-refractivity contribution in [3.8, 4) is 16.2 Å². The lowest BCUT2D eigenvalue weighted by Gasteiger charge is -2.04. The summed E-state index contributed by atoms with van der Waals surface area (Å²) in [6.45, 7) is 2.26. The Morgan fingerprint density at radius 2 is 2.24 bits per heavy atom. The topological polar surface area (TPSA) is 48.1 Å². The quantitative estimate of drug-likeness (QED) is 0.913. The highest BCUT2D eigenvalue weighted by Gasteiger charge is 2.12. The molecule has 0 atom stereocenters. The lowest BCUT2D eigenvalue weighted by molar-refractivity contribution is 0.386. The van der Waals surface area contributed by atoms with Crippen LogP contribution in [0, 0.1) is 12.7 Å². The van der Waals surface area contributed by atoms with Gasteiger partial charge < -0.3 is 10.5 Å². The van der Waals surface area contributed by atoms with Crippen LogP contribution in [0.4, 0.5) is 4.39 Å². The summed E-state index contributed by atoms with van der Waals surface area (Å²) in [5.41, 5.74) is 7.21. The third kappa shape index (κ3) is 2.30. The molecule has 17 heavy (non-hydrogen) atoms. The molecule has 0 spiro atoms. The van der Waals surface area contributed by atoms with Gasteiger partial charge in [0.25, 0.3) is 0 Å². The molecular weight excluding hydrogens is 239 g/mol. The Morgan fingerprint density at radius 3 is 2.82 bits per heavy atom. The van der Waals surface area contributed by atoms with E-state index in [0.717, 1.165) is 21.1 Å². The first kappa shape index (κ1) is 12.0. The summed E-state index contributed by atoms with van der Waals surface area (Å²) in [7, 11) is 1.44. The predicted octanol–water partition coefficient (Wildman–Crippen LogP) is 2.72. The van der Waals surface area contributed by atoms with Crippen LogP contribution in [-0.2, 0) is 6.54 Å². The largest absolute Gasteiger partial charge is 0.494 e. The van der Waals surface area contributed by atoms with Gasteiger partial charge in [-0.1, -0.05) is 0 Å². The second kappa shape index (κ2) is 4.81. The number of hydrogen-bond acceptors (Lipinski definition) is 4. The minimum atomic E-state index is -0.376. The summed E-state index contributed by atoms with van der Waals surface area (Å²) >= 11 is 1.52. The Kier molecular flexibility index (Phi) is 3.40. The number of methoxy groups -OCH3 is 1. The van der Waals surface area contributed by atoms with Gasteiger partial charge >= 0.3 is 0 Å².